The molecule has 0 aliphatic heterocycles. The summed E-state index contributed by atoms with van der Waals surface area (Å²) in [5, 5.41) is 0. The van der Waals surface area contributed by atoms with Gasteiger partial charge in [0.2, 0.25) is 0 Å². The van der Waals surface area contributed by atoms with E-state index in [9.17, 15) is 9.59 Å². The molecule has 4 nitrogen and oxygen atoms in total. The van der Waals surface area contributed by atoms with Gasteiger partial charge in [-0.15, -0.1) is 0 Å². The molecule has 0 rings (SSSR count). The van der Waals surface area contributed by atoms with Crippen LogP contribution in [-0.2, 0) is 19.1 Å². The molecule has 0 aromatic heterocycles. The third-order valence-corrected chi connectivity index (χ3v) is 4.82. The van der Waals surface area contributed by atoms with Crippen LogP contribution in [0.4, 0.5) is 0 Å². The smallest absolute Gasteiger partial charge is 0.330 e. The van der Waals surface area contributed by atoms with Crippen molar-refractivity contribution in [3.63, 3.8) is 0 Å². The summed E-state index contributed by atoms with van der Waals surface area (Å²) in [7, 11) is 0. The highest BCUT2D eigenvalue weighted by atomic mass is 16.5. The van der Waals surface area contributed by atoms with Crippen molar-refractivity contribution in [1.29, 1.82) is 0 Å². The Hall–Kier alpha value is -1.58. The molecule has 0 amide bonds. The molecule has 30 heavy (non-hydrogen) atoms. The first-order valence-electron chi connectivity index (χ1n) is 12.2. The van der Waals surface area contributed by atoms with Gasteiger partial charge in [0.05, 0.1) is 13.2 Å². The maximum Gasteiger partial charge on any atom is 0.330 e. The summed E-state index contributed by atoms with van der Waals surface area (Å²) in [4.78, 5) is 21.4. The Morgan fingerprint density at radius 1 is 0.533 bits per heavy atom. The largest absolute Gasteiger partial charge is 0.463 e. The zero-order valence-corrected chi connectivity index (χ0v) is 19.9. The summed E-state index contributed by atoms with van der Waals surface area (Å²) in [6.45, 7) is 12.2. The number of unbranched alkanes of at least 4 members (excludes halogenated alkanes) is 14. The number of esters is 2. The maximum atomic E-state index is 10.7. The van der Waals surface area contributed by atoms with E-state index >= 15 is 0 Å². The number of carbonyl (C=O) groups excluding carboxylic acids is 2. The van der Waals surface area contributed by atoms with Gasteiger partial charge in [-0.3, -0.25) is 0 Å². The van der Waals surface area contributed by atoms with Crippen LogP contribution in [0.5, 0.6) is 0 Å². The second-order valence-corrected chi connectivity index (χ2v) is 7.69. The molecular formula is C26H48O4. The number of rotatable bonds is 20. The molecule has 0 atom stereocenters. The first-order valence-corrected chi connectivity index (χ1v) is 12.2. The lowest BCUT2D eigenvalue weighted by atomic mass is 10.1. The van der Waals surface area contributed by atoms with Crippen molar-refractivity contribution in [3.8, 4) is 0 Å². The molecule has 0 radical (unpaired) electrons. The molecule has 0 bridgehead atoms. The molecule has 0 aromatic carbocycles. The van der Waals surface area contributed by atoms with Crippen LogP contribution in [-0.4, -0.2) is 25.2 Å². The summed E-state index contributed by atoms with van der Waals surface area (Å²) in [5.74, 6) is -0.615. The van der Waals surface area contributed by atoms with Gasteiger partial charge in [0.1, 0.15) is 0 Å². The van der Waals surface area contributed by atoms with Crippen molar-refractivity contribution in [3.05, 3.63) is 25.3 Å². The van der Waals surface area contributed by atoms with Gasteiger partial charge in [0, 0.05) is 12.2 Å². The zero-order chi connectivity index (χ0) is 22.7. The Labute approximate surface area is 186 Å². The lowest BCUT2D eigenvalue weighted by Crippen LogP contribution is -2.01. The summed E-state index contributed by atoms with van der Waals surface area (Å²) >= 11 is 0. The normalized spacial score (nSPS) is 9.93. The van der Waals surface area contributed by atoms with Gasteiger partial charge in [0.25, 0.3) is 0 Å². The van der Waals surface area contributed by atoms with Crippen molar-refractivity contribution < 1.29 is 19.1 Å². The van der Waals surface area contributed by atoms with E-state index in [1.807, 2.05) is 0 Å². The Kier molecular flexibility index (Phi) is 28.0. The second kappa shape index (κ2) is 27.4. The number of ether oxygens (including phenoxy) is 2. The van der Waals surface area contributed by atoms with Crippen molar-refractivity contribution in [1.82, 2.24) is 0 Å². The summed E-state index contributed by atoms with van der Waals surface area (Å²) in [5.41, 5.74) is 0. The molecule has 0 aliphatic rings. The van der Waals surface area contributed by atoms with Crippen molar-refractivity contribution in [2.45, 2.75) is 117 Å². The molecular weight excluding hydrogens is 376 g/mol. The van der Waals surface area contributed by atoms with Crippen LogP contribution < -0.4 is 0 Å². The topological polar surface area (TPSA) is 52.6 Å². The monoisotopic (exact) mass is 424 g/mol. The number of hydrogen-bond donors (Lipinski definition) is 0. The molecule has 0 saturated heterocycles. The summed E-state index contributed by atoms with van der Waals surface area (Å²) < 4.78 is 9.76. The maximum absolute atomic E-state index is 10.7. The SMILES string of the molecule is C=CC(=O)OCCCCCCCCCC.C=CC(=O)OCCCCCCCCCC. The van der Waals surface area contributed by atoms with E-state index in [0.717, 1.165) is 25.7 Å². The highest BCUT2D eigenvalue weighted by Crippen LogP contribution is 2.09. The van der Waals surface area contributed by atoms with E-state index < -0.39 is 0 Å². The van der Waals surface area contributed by atoms with Crippen LogP contribution in [0.1, 0.15) is 117 Å². The Morgan fingerprint density at radius 3 is 1.07 bits per heavy atom. The number of hydrogen-bond acceptors (Lipinski definition) is 4. The van der Waals surface area contributed by atoms with Gasteiger partial charge in [-0.2, -0.15) is 0 Å². The van der Waals surface area contributed by atoms with Crippen LogP contribution in [0.25, 0.3) is 0 Å². The van der Waals surface area contributed by atoms with Crippen molar-refractivity contribution in [2.24, 2.45) is 0 Å². The third kappa shape index (κ3) is 28.6. The third-order valence-electron chi connectivity index (χ3n) is 4.82. The predicted octanol–water partition coefficient (Wildman–Crippen LogP) is 7.71. The van der Waals surface area contributed by atoms with Crippen LogP contribution in [0.2, 0.25) is 0 Å². The highest BCUT2D eigenvalue weighted by molar-refractivity contribution is 5.81. The Bertz CT molecular complexity index is 366. The predicted molar refractivity (Wildman–Crippen MR) is 128 cm³/mol. The lowest BCUT2D eigenvalue weighted by Gasteiger charge is -2.02. The minimum atomic E-state index is -0.307. The Morgan fingerprint density at radius 2 is 0.800 bits per heavy atom. The summed E-state index contributed by atoms with van der Waals surface area (Å²) in [6, 6.07) is 0. The fourth-order valence-electron chi connectivity index (χ4n) is 2.94. The average molecular weight is 425 g/mol. The van der Waals surface area contributed by atoms with Gasteiger partial charge in [0.15, 0.2) is 0 Å². The van der Waals surface area contributed by atoms with E-state index in [4.69, 9.17) is 9.47 Å². The van der Waals surface area contributed by atoms with Crippen LogP contribution in [0.3, 0.4) is 0 Å². The van der Waals surface area contributed by atoms with E-state index in [1.165, 1.54) is 89.2 Å². The first kappa shape index (κ1) is 30.6. The molecule has 0 aliphatic carbocycles. The molecule has 0 heterocycles. The lowest BCUT2D eigenvalue weighted by molar-refractivity contribution is -0.138. The molecule has 0 spiro atoms. The molecule has 0 aromatic rings. The average Bonchev–Trinajstić information content (AvgIpc) is 2.76. The van der Waals surface area contributed by atoms with Gasteiger partial charge in [-0.05, 0) is 12.8 Å². The quantitative estimate of drug-likeness (QED) is 0.114. The molecule has 4 heteroatoms. The van der Waals surface area contributed by atoms with Crippen molar-refractivity contribution >= 4 is 11.9 Å². The van der Waals surface area contributed by atoms with E-state index in [-0.39, 0.29) is 11.9 Å². The van der Waals surface area contributed by atoms with Gasteiger partial charge < -0.3 is 9.47 Å². The molecule has 0 N–H and O–H groups in total. The van der Waals surface area contributed by atoms with E-state index in [0.29, 0.717) is 13.2 Å². The van der Waals surface area contributed by atoms with Gasteiger partial charge in [-0.1, -0.05) is 117 Å². The van der Waals surface area contributed by atoms with Crippen LogP contribution in [0, 0.1) is 0 Å². The minimum absolute atomic E-state index is 0.307. The number of carbonyl (C=O) groups is 2. The fourth-order valence-corrected chi connectivity index (χ4v) is 2.94. The van der Waals surface area contributed by atoms with Crippen molar-refractivity contribution in [2.75, 3.05) is 13.2 Å². The summed E-state index contributed by atoms with van der Waals surface area (Å²) in [6.07, 6.45) is 22.6. The van der Waals surface area contributed by atoms with E-state index in [2.05, 4.69) is 27.0 Å². The minimum Gasteiger partial charge on any atom is -0.463 e. The van der Waals surface area contributed by atoms with Crippen LogP contribution in [0.15, 0.2) is 25.3 Å². The molecule has 0 fully saturated rings. The second-order valence-electron chi connectivity index (χ2n) is 7.69. The first-order chi connectivity index (χ1) is 14.6. The zero-order valence-electron chi connectivity index (χ0n) is 19.9. The molecule has 0 saturated carbocycles. The fraction of sp³-hybridized carbons (Fsp3) is 0.769. The highest BCUT2D eigenvalue weighted by Gasteiger charge is 1.96. The van der Waals surface area contributed by atoms with Gasteiger partial charge in [-0.25, -0.2) is 9.59 Å². The molecule has 176 valence electrons. The van der Waals surface area contributed by atoms with Crippen LogP contribution >= 0.6 is 0 Å². The van der Waals surface area contributed by atoms with Gasteiger partial charge >= 0.3 is 11.9 Å². The standard InChI is InChI=1S/2C13H24O2/c2*1-3-5-6-7-8-9-10-11-12-15-13(14)4-2/h2*4H,2-3,5-12H2,1H3. The molecule has 0 unspecified atom stereocenters. The Balaban J connectivity index is 0. The van der Waals surface area contributed by atoms with E-state index in [1.54, 1.807) is 0 Å².